The molecule has 1 aromatic rings. The second kappa shape index (κ2) is 10.8. The number of nitrogens with one attached hydrogen (secondary N) is 1. The van der Waals surface area contributed by atoms with E-state index < -0.39 is 5.60 Å². The molecular formula is C25H37ClN2O3. The third-order valence-electron chi connectivity index (χ3n) is 6.52. The molecule has 1 saturated heterocycles. The fourth-order valence-electron chi connectivity index (χ4n) is 4.73. The predicted molar refractivity (Wildman–Crippen MR) is 125 cm³/mol. The summed E-state index contributed by atoms with van der Waals surface area (Å²) >= 11 is 6.21. The minimum absolute atomic E-state index is 0.0884. The van der Waals surface area contributed by atoms with Crippen LogP contribution in [0.2, 0.25) is 5.02 Å². The van der Waals surface area contributed by atoms with Gasteiger partial charge in [0.05, 0.1) is 5.02 Å². The highest BCUT2D eigenvalue weighted by molar-refractivity contribution is 6.34. The van der Waals surface area contributed by atoms with Crippen LogP contribution in [-0.2, 0) is 4.74 Å². The molecule has 0 spiro atoms. The standard InChI is InChI=1S/C25H37ClN2O3/c1-25(2,3)31-24(30)27-20-10-8-18(9-11-20)12-15-28-16-13-19(14-17-28)23(29)21-6-4-5-7-22(21)26/h4-7,18-20H,8-17H2,1-3H3,(H,27,30). The molecule has 1 saturated carbocycles. The highest BCUT2D eigenvalue weighted by Crippen LogP contribution is 2.29. The maximum atomic E-state index is 12.8. The van der Waals surface area contributed by atoms with E-state index in [1.807, 2.05) is 39.0 Å². The zero-order valence-electron chi connectivity index (χ0n) is 19.2. The van der Waals surface area contributed by atoms with Gasteiger partial charge in [0.2, 0.25) is 0 Å². The zero-order chi connectivity index (χ0) is 22.4. The quantitative estimate of drug-likeness (QED) is 0.566. The first kappa shape index (κ1) is 24.1. The van der Waals surface area contributed by atoms with E-state index in [0.29, 0.717) is 10.6 Å². The zero-order valence-corrected chi connectivity index (χ0v) is 19.9. The molecule has 0 unspecified atom stereocenters. The molecule has 2 fully saturated rings. The van der Waals surface area contributed by atoms with Gasteiger partial charge in [-0.05, 0) is 103 Å². The van der Waals surface area contributed by atoms with Crippen LogP contribution in [0.25, 0.3) is 0 Å². The van der Waals surface area contributed by atoms with Crippen molar-refractivity contribution in [3.05, 3.63) is 34.9 Å². The van der Waals surface area contributed by atoms with Gasteiger partial charge in [-0.15, -0.1) is 0 Å². The second-order valence-electron chi connectivity index (χ2n) is 10.1. The number of alkyl carbamates (subject to hydrolysis) is 1. The number of carbonyl (C=O) groups excluding carboxylic acids is 2. The maximum Gasteiger partial charge on any atom is 0.407 e. The highest BCUT2D eigenvalue weighted by Gasteiger charge is 2.28. The molecule has 0 bridgehead atoms. The molecule has 3 rings (SSSR count). The number of ether oxygens (including phenoxy) is 1. The van der Waals surface area contributed by atoms with Gasteiger partial charge in [0.1, 0.15) is 5.60 Å². The van der Waals surface area contributed by atoms with Gasteiger partial charge in [0.25, 0.3) is 0 Å². The molecule has 1 N–H and O–H groups in total. The number of rotatable bonds is 6. The molecule has 0 radical (unpaired) electrons. The Morgan fingerprint density at radius 2 is 1.71 bits per heavy atom. The van der Waals surface area contributed by atoms with E-state index >= 15 is 0 Å². The molecule has 1 heterocycles. The summed E-state index contributed by atoms with van der Waals surface area (Å²) in [6, 6.07) is 7.61. The molecule has 2 aliphatic rings. The van der Waals surface area contributed by atoms with Crippen molar-refractivity contribution in [1.82, 2.24) is 10.2 Å². The summed E-state index contributed by atoms with van der Waals surface area (Å²) in [6.45, 7) is 8.73. The first-order chi connectivity index (χ1) is 14.7. The van der Waals surface area contributed by atoms with E-state index in [-0.39, 0.29) is 23.8 Å². The lowest BCUT2D eigenvalue weighted by Gasteiger charge is -2.34. The predicted octanol–water partition coefficient (Wildman–Crippen LogP) is 5.71. The van der Waals surface area contributed by atoms with Crippen LogP contribution in [0.4, 0.5) is 4.79 Å². The molecule has 0 aromatic heterocycles. The molecule has 1 aromatic carbocycles. The number of Topliss-reactive ketones (excluding diaryl/α,β-unsaturated/α-hetero) is 1. The van der Waals surface area contributed by atoms with E-state index in [0.717, 1.165) is 64.1 Å². The summed E-state index contributed by atoms with van der Waals surface area (Å²) in [7, 11) is 0. The summed E-state index contributed by atoms with van der Waals surface area (Å²) in [6.07, 6.45) is 7.08. The van der Waals surface area contributed by atoms with Gasteiger partial charge in [0.15, 0.2) is 5.78 Å². The van der Waals surface area contributed by atoms with Crippen molar-refractivity contribution in [1.29, 1.82) is 0 Å². The van der Waals surface area contributed by atoms with Crippen LogP contribution in [0.3, 0.4) is 0 Å². The van der Waals surface area contributed by atoms with Gasteiger partial charge < -0.3 is 15.0 Å². The monoisotopic (exact) mass is 448 g/mol. The van der Waals surface area contributed by atoms with Gasteiger partial charge in [-0.3, -0.25) is 4.79 Å². The maximum absolute atomic E-state index is 12.8. The number of nitrogens with zero attached hydrogens (tertiary/aromatic N) is 1. The number of halogens is 1. The normalized spacial score (nSPS) is 23.4. The van der Waals surface area contributed by atoms with Gasteiger partial charge in [-0.25, -0.2) is 4.79 Å². The van der Waals surface area contributed by atoms with Crippen LogP contribution in [-0.4, -0.2) is 48.1 Å². The summed E-state index contributed by atoms with van der Waals surface area (Å²) in [4.78, 5) is 27.2. The molecule has 0 atom stereocenters. The summed E-state index contributed by atoms with van der Waals surface area (Å²) in [5, 5.41) is 3.58. The lowest BCUT2D eigenvalue weighted by atomic mass is 9.83. The average Bonchev–Trinajstić information content (AvgIpc) is 2.72. The van der Waals surface area contributed by atoms with Gasteiger partial charge in [-0.1, -0.05) is 23.7 Å². The Bertz CT molecular complexity index is 745. The Hall–Kier alpha value is -1.59. The van der Waals surface area contributed by atoms with Gasteiger partial charge in [0, 0.05) is 17.5 Å². The largest absolute Gasteiger partial charge is 0.444 e. The van der Waals surface area contributed by atoms with E-state index in [1.54, 1.807) is 6.07 Å². The Kier molecular flexibility index (Phi) is 8.40. The second-order valence-corrected chi connectivity index (χ2v) is 10.5. The number of ketones is 1. The third kappa shape index (κ3) is 7.50. The van der Waals surface area contributed by atoms with Crippen LogP contribution in [0.15, 0.2) is 24.3 Å². The van der Waals surface area contributed by atoms with Crippen LogP contribution < -0.4 is 5.32 Å². The van der Waals surface area contributed by atoms with E-state index in [2.05, 4.69) is 10.2 Å². The molecule has 31 heavy (non-hydrogen) atoms. The molecule has 172 valence electrons. The first-order valence-corrected chi connectivity index (χ1v) is 12.1. The van der Waals surface area contributed by atoms with Crippen molar-refractivity contribution in [2.45, 2.75) is 77.4 Å². The third-order valence-corrected chi connectivity index (χ3v) is 6.85. The van der Waals surface area contributed by atoms with Crippen molar-refractivity contribution >= 4 is 23.5 Å². The van der Waals surface area contributed by atoms with E-state index in [9.17, 15) is 9.59 Å². The molecular weight excluding hydrogens is 412 g/mol. The number of amides is 1. The lowest BCUT2D eigenvalue weighted by molar-refractivity contribution is 0.0485. The number of hydrogen-bond acceptors (Lipinski definition) is 4. The number of piperidine rings is 1. The number of benzene rings is 1. The van der Waals surface area contributed by atoms with Crippen molar-refractivity contribution in [2.75, 3.05) is 19.6 Å². The van der Waals surface area contributed by atoms with Gasteiger partial charge >= 0.3 is 6.09 Å². The van der Waals surface area contributed by atoms with Crippen LogP contribution in [0.5, 0.6) is 0 Å². The first-order valence-electron chi connectivity index (χ1n) is 11.7. The van der Waals surface area contributed by atoms with Crippen LogP contribution >= 0.6 is 11.6 Å². The Labute approximate surface area is 191 Å². The fourth-order valence-corrected chi connectivity index (χ4v) is 4.96. The topological polar surface area (TPSA) is 58.6 Å². The Morgan fingerprint density at radius 1 is 1.06 bits per heavy atom. The summed E-state index contributed by atoms with van der Waals surface area (Å²) < 4.78 is 5.37. The minimum atomic E-state index is -0.452. The number of carbonyl (C=O) groups is 2. The van der Waals surface area contributed by atoms with Crippen molar-refractivity contribution < 1.29 is 14.3 Å². The summed E-state index contributed by atoms with van der Waals surface area (Å²) in [5.41, 5.74) is 0.214. The molecule has 1 aliphatic heterocycles. The smallest absolute Gasteiger partial charge is 0.407 e. The molecule has 5 nitrogen and oxygen atoms in total. The Morgan fingerprint density at radius 3 is 2.32 bits per heavy atom. The number of likely N-dealkylation sites (tertiary alicyclic amines) is 1. The minimum Gasteiger partial charge on any atom is -0.444 e. The van der Waals surface area contributed by atoms with Gasteiger partial charge in [-0.2, -0.15) is 0 Å². The fraction of sp³-hybridized carbons (Fsp3) is 0.680. The van der Waals surface area contributed by atoms with Crippen molar-refractivity contribution in [3.8, 4) is 0 Å². The SMILES string of the molecule is CC(C)(C)OC(=O)NC1CCC(CCN2CCC(C(=O)c3ccccc3Cl)CC2)CC1. The van der Waals surface area contributed by atoms with Crippen LogP contribution in [0.1, 0.15) is 76.1 Å². The lowest BCUT2D eigenvalue weighted by Crippen LogP contribution is -2.41. The average molecular weight is 449 g/mol. The van der Waals surface area contributed by atoms with E-state index in [4.69, 9.17) is 16.3 Å². The highest BCUT2D eigenvalue weighted by atomic mass is 35.5. The molecule has 6 heteroatoms. The van der Waals surface area contributed by atoms with Crippen molar-refractivity contribution in [2.24, 2.45) is 11.8 Å². The molecule has 1 aliphatic carbocycles. The number of hydrogen-bond donors (Lipinski definition) is 1. The summed E-state index contributed by atoms with van der Waals surface area (Å²) in [5.74, 6) is 1.01. The van der Waals surface area contributed by atoms with Crippen molar-refractivity contribution in [3.63, 3.8) is 0 Å². The Balaban J connectivity index is 1.33. The van der Waals surface area contributed by atoms with Crippen LogP contribution in [0, 0.1) is 11.8 Å². The molecule has 1 amide bonds. The van der Waals surface area contributed by atoms with E-state index in [1.165, 1.54) is 6.42 Å².